The lowest BCUT2D eigenvalue weighted by molar-refractivity contribution is 0.0698. The molecule has 16 heavy (non-hydrogen) atoms. The summed E-state index contributed by atoms with van der Waals surface area (Å²) >= 11 is 3.35. The van der Waals surface area contributed by atoms with E-state index < -0.39 is 5.97 Å². The van der Waals surface area contributed by atoms with Crippen molar-refractivity contribution in [1.82, 2.24) is 0 Å². The van der Waals surface area contributed by atoms with Gasteiger partial charge in [0.05, 0.1) is 5.56 Å². The summed E-state index contributed by atoms with van der Waals surface area (Å²) in [5.41, 5.74) is 1.03. The number of benzene rings is 1. The Kier molecular flexibility index (Phi) is 3.49. The van der Waals surface area contributed by atoms with Crippen LogP contribution in [0, 0.1) is 5.92 Å². The van der Waals surface area contributed by atoms with Crippen molar-refractivity contribution < 1.29 is 9.90 Å². The molecule has 4 heteroatoms. The fourth-order valence-corrected chi connectivity index (χ4v) is 2.03. The zero-order chi connectivity index (χ0) is 11.5. The normalized spacial score (nSPS) is 14.8. The van der Waals surface area contributed by atoms with Crippen LogP contribution in [-0.2, 0) is 0 Å². The second-order valence-electron chi connectivity index (χ2n) is 4.15. The van der Waals surface area contributed by atoms with Gasteiger partial charge in [-0.25, -0.2) is 4.79 Å². The number of aromatic carboxylic acids is 1. The zero-order valence-electron chi connectivity index (χ0n) is 8.87. The molecule has 0 atom stereocenters. The van der Waals surface area contributed by atoms with Gasteiger partial charge in [-0.05, 0) is 30.5 Å². The summed E-state index contributed by atoms with van der Waals surface area (Å²) in [6, 6.07) is 5.18. The first kappa shape index (κ1) is 11.5. The van der Waals surface area contributed by atoms with Gasteiger partial charge < -0.3 is 10.4 Å². The summed E-state index contributed by atoms with van der Waals surface area (Å²) in [4.78, 5) is 11.0. The molecule has 0 saturated heterocycles. The van der Waals surface area contributed by atoms with E-state index >= 15 is 0 Å². The number of halogens is 1. The van der Waals surface area contributed by atoms with Crippen molar-refractivity contribution in [3.05, 3.63) is 28.2 Å². The summed E-state index contributed by atoms with van der Waals surface area (Å²) in [6.07, 6.45) is 3.78. The zero-order valence-corrected chi connectivity index (χ0v) is 10.5. The maximum absolute atomic E-state index is 11.0. The number of nitrogens with one attached hydrogen (secondary N) is 1. The smallest absolute Gasteiger partial charge is 0.337 e. The standard InChI is InChI=1S/C12H14BrNO2/c13-9-3-4-10(12(15)16)11(7-9)14-6-5-8-1-2-8/h3-4,7-8,14H,1-2,5-6H2,(H,15,16). The summed E-state index contributed by atoms with van der Waals surface area (Å²) in [7, 11) is 0. The highest BCUT2D eigenvalue weighted by atomic mass is 79.9. The van der Waals surface area contributed by atoms with Crippen LogP contribution in [0.25, 0.3) is 0 Å². The minimum atomic E-state index is -0.888. The van der Waals surface area contributed by atoms with Crippen LogP contribution in [0.4, 0.5) is 5.69 Å². The molecule has 0 radical (unpaired) electrons. The quantitative estimate of drug-likeness (QED) is 0.871. The van der Waals surface area contributed by atoms with Crippen LogP contribution in [0.1, 0.15) is 29.6 Å². The van der Waals surface area contributed by atoms with Crippen molar-refractivity contribution in [1.29, 1.82) is 0 Å². The van der Waals surface area contributed by atoms with Crippen molar-refractivity contribution in [2.24, 2.45) is 5.92 Å². The lowest BCUT2D eigenvalue weighted by Gasteiger charge is -2.09. The highest BCUT2D eigenvalue weighted by Gasteiger charge is 2.20. The average Bonchev–Trinajstić information content (AvgIpc) is 3.01. The topological polar surface area (TPSA) is 49.3 Å². The molecule has 0 aromatic heterocycles. The molecule has 1 saturated carbocycles. The van der Waals surface area contributed by atoms with E-state index in [0.717, 1.165) is 23.4 Å². The van der Waals surface area contributed by atoms with Gasteiger partial charge in [-0.15, -0.1) is 0 Å². The molecule has 2 rings (SSSR count). The van der Waals surface area contributed by atoms with Crippen molar-refractivity contribution >= 4 is 27.6 Å². The Morgan fingerprint density at radius 3 is 2.88 bits per heavy atom. The van der Waals surface area contributed by atoms with Crippen LogP contribution in [0.3, 0.4) is 0 Å². The molecule has 0 bridgehead atoms. The van der Waals surface area contributed by atoms with Crippen LogP contribution in [-0.4, -0.2) is 17.6 Å². The molecule has 1 aromatic rings. The molecule has 1 aromatic carbocycles. The van der Waals surface area contributed by atoms with Gasteiger partial charge in [-0.3, -0.25) is 0 Å². The first-order chi connectivity index (χ1) is 7.66. The van der Waals surface area contributed by atoms with Gasteiger partial charge in [0.15, 0.2) is 0 Å². The lowest BCUT2D eigenvalue weighted by Crippen LogP contribution is -2.08. The molecule has 1 fully saturated rings. The maximum atomic E-state index is 11.0. The largest absolute Gasteiger partial charge is 0.478 e. The van der Waals surface area contributed by atoms with E-state index in [1.54, 1.807) is 12.1 Å². The number of anilines is 1. The molecule has 0 unspecified atom stereocenters. The van der Waals surface area contributed by atoms with Gasteiger partial charge in [0.2, 0.25) is 0 Å². The molecule has 2 N–H and O–H groups in total. The Morgan fingerprint density at radius 2 is 2.25 bits per heavy atom. The Morgan fingerprint density at radius 1 is 1.50 bits per heavy atom. The SMILES string of the molecule is O=C(O)c1ccc(Br)cc1NCCC1CC1. The molecule has 0 heterocycles. The maximum Gasteiger partial charge on any atom is 0.337 e. The van der Waals surface area contributed by atoms with Crippen LogP contribution in [0.15, 0.2) is 22.7 Å². The van der Waals surface area contributed by atoms with Gasteiger partial charge in [0, 0.05) is 16.7 Å². The second kappa shape index (κ2) is 4.87. The highest BCUT2D eigenvalue weighted by Crippen LogP contribution is 2.32. The first-order valence-corrected chi connectivity index (χ1v) is 6.23. The van der Waals surface area contributed by atoms with Gasteiger partial charge >= 0.3 is 5.97 Å². The van der Waals surface area contributed by atoms with Gasteiger partial charge in [0.1, 0.15) is 0 Å². The molecule has 0 aliphatic heterocycles. The third kappa shape index (κ3) is 2.98. The Hall–Kier alpha value is -1.03. The summed E-state index contributed by atoms with van der Waals surface area (Å²) in [5.74, 6) is -0.0330. The van der Waals surface area contributed by atoms with Gasteiger partial charge in [0.25, 0.3) is 0 Å². The van der Waals surface area contributed by atoms with Crippen molar-refractivity contribution in [3.63, 3.8) is 0 Å². The summed E-state index contributed by atoms with van der Waals surface area (Å²) in [5, 5.41) is 12.2. The molecule has 1 aliphatic carbocycles. The van der Waals surface area contributed by atoms with E-state index in [0.29, 0.717) is 11.3 Å². The van der Waals surface area contributed by atoms with Crippen LogP contribution in [0.2, 0.25) is 0 Å². The molecular weight excluding hydrogens is 270 g/mol. The number of hydrogen-bond acceptors (Lipinski definition) is 2. The Balaban J connectivity index is 2.03. The van der Waals surface area contributed by atoms with Gasteiger partial charge in [-0.1, -0.05) is 28.8 Å². The molecule has 86 valence electrons. The van der Waals surface area contributed by atoms with E-state index in [9.17, 15) is 4.79 Å². The second-order valence-corrected chi connectivity index (χ2v) is 5.07. The van der Waals surface area contributed by atoms with Gasteiger partial charge in [-0.2, -0.15) is 0 Å². The predicted molar refractivity (Wildman–Crippen MR) is 66.9 cm³/mol. The third-order valence-electron chi connectivity index (χ3n) is 2.78. The van der Waals surface area contributed by atoms with E-state index in [2.05, 4.69) is 21.2 Å². The predicted octanol–water partition coefficient (Wildman–Crippen LogP) is 3.36. The van der Waals surface area contributed by atoms with Crippen LogP contribution in [0.5, 0.6) is 0 Å². The fraction of sp³-hybridized carbons (Fsp3) is 0.417. The van der Waals surface area contributed by atoms with Crippen molar-refractivity contribution in [2.45, 2.75) is 19.3 Å². The van der Waals surface area contributed by atoms with E-state index in [4.69, 9.17) is 5.11 Å². The highest BCUT2D eigenvalue weighted by molar-refractivity contribution is 9.10. The fourth-order valence-electron chi connectivity index (χ4n) is 1.67. The van der Waals surface area contributed by atoms with E-state index in [-0.39, 0.29) is 0 Å². The third-order valence-corrected chi connectivity index (χ3v) is 3.27. The van der Waals surface area contributed by atoms with E-state index in [1.165, 1.54) is 12.8 Å². The summed E-state index contributed by atoms with van der Waals surface area (Å²) in [6.45, 7) is 0.849. The minimum absolute atomic E-state index is 0.332. The van der Waals surface area contributed by atoms with Crippen LogP contribution >= 0.6 is 15.9 Å². The number of carboxylic acid groups (broad SMARTS) is 1. The minimum Gasteiger partial charge on any atom is -0.478 e. The molecule has 0 amide bonds. The number of carbonyl (C=O) groups is 1. The monoisotopic (exact) mass is 283 g/mol. The average molecular weight is 284 g/mol. The summed E-state index contributed by atoms with van der Waals surface area (Å²) < 4.78 is 0.895. The van der Waals surface area contributed by atoms with Crippen molar-refractivity contribution in [3.8, 4) is 0 Å². The number of carboxylic acids is 1. The van der Waals surface area contributed by atoms with Crippen molar-refractivity contribution in [2.75, 3.05) is 11.9 Å². The molecule has 0 spiro atoms. The molecule has 1 aliphatic rings. The lowest BCUT2D eigenvalue weighted by atomic mass is 10.1. The van der Waals surface area contributed by atoms with Crippen LogP contribution < -0.4 is 5.32 Å². The number of hydrogen-bond donors (Lipinski definition) is 2. The number of rotatable bonds is 5. The molecule has 3 nitrogen and oxygen atoms in total. The molecular formula is C12H14BrNO2. The van der Waals surface area contributed by atoms with E-state index in [1.807, 2.05) is 6.07 Å². The first-order valence-electron chi connectivity index (χ1n) is 5.43. The Bertz CT molecular complexity index is 402. The Labute approximate surface area is 103 Å².